The number of nitrogen functional groups attached to an aromatic ring is 1. The molecule has 0 atom stereocenters. The van der Waals surface area contributed by atoms with Crippen LogP contribution in [0.25, 0.3) is 10.2 Å². The van der Waals surface area contributed by atoms with E-state index in [1.54, 1.807) is 11.3 Å². The van der Waals surface area contributed by atoms with Crippen molar-refractivity contribution in [3.63, 3.8) is 0 Å². The quantitative estimate of drug-likeness (QED) is 0.852. The molecule has 1 aromatic carbocycles. The first kappa shape index (κ1) is 11.5. The molecular formula is C11H14ClN3S. The molecular weight excluding hydrogens is 242 g/mol. The number of hydrogen-bond donors (Lipinski definition) is 1. The lowest BCUT2D eigenvalue weighted by molar-refractivity contribution is 0.949. The summed E-state index contributed by atoms with van der Waals surface area (Å²) in [5, 5.41) is 0.656. The van der Waals surface area contributed by atoms with E-state index in [0.717, 1.165) is 5.52 Å². The van der Waals surface area contributed by atoms with Crippen molar-refractivity contribution in [1.29, 1.82) is 0 Å². The molecule has 1 fully saturated rings. The van der Waals surface area contributed by atoms with Crippen LogP contribution in [0.2, 0.25) is 0 Å². The van der Waals surface area contributed by atoms with Gasteiger partial charge in [0.15, 0.2) is 5.13 Å². The van der Waals surface area contributed by atoms with Crippen LogP contribution < -0.4 is 10.6 Å². The smallest absolute Gasteiger partial charge is 0.181 e. The Balaban J connectivity index is 0.000000963. The molecule has 1 aliphatic rings. The zero-order valence-corrected chi connectivity index (χ0v) is 10.5. The summed E-state index contributed by atoms with van der Waals surface area (Å²) in [5.41, 5.74) is 8.01. The monoisotopic (exact) mass is 255 g/mol. The van der Waals surface area contributed by atoms with Gasteiger partial charge in [-0.1, -0.05) is 11.3 Å². The number of halogens is 1. The van der Waals surface area contributed by atoms with Crippen molar-refractivity contribution in [3.05, 3.63) is 18.2 Å². The Labute approximate surface area is 105 Å². The highest BCUT2D eigenvalue weighted by atomic mass is 35.5. The van der Waals surface area contributed by atoms with Crippen LogP contribution in [0.4, 0.5) is 10.8 Å². The molecule has 1 aromatic heterocycles. The molecule has 0 saturated carbocycles. The van der Waals surface area contributed by atoms with Crippen LogP contribution in [0.1, 0.15) is 12.8 Å². The second-order valence-electron chi connectivity index (χ2n) is 3.90. The number of fused-ring (bicyclic) bond motifs is 1. The van der Waals surface area contributed by atoms with E-state index in [4.69, 9.17) is 5.73 Å². The molecule has 2 heterocycles. The van der Waals surface area contributed by atoms with Gasteiger partial charge in [-0.25, -0.2) is 4.98 Å². The minimum atomic E-state index is 0. The highest BCUT2D eigenvalue weighted by Gasteiger charge is 2.13. The summed E-state index contributed by atoms with van der Waals surface area (Å²) in [7, 11) is 0. The molecule has 0 spiro atoms. The Morgan fingerprint density at radius 3 is 2.75 bits per heavy atom. The molecule has 0 amide bonds. The second kappa shape index (κ2) is 4.47. The summed E-state index contributed by atoms with van der Waals surface area (Å²) in [5.74, 6) is 0. The number of nitrogens with two attached hydrogens (primary N) is 1. The molecule has 86 valence electrons. The van der Waals surface area contributed by atoms with E-state index in [0.29, 0.717) is 5.13 Å². The zero-order valence-electron chi connectivity index (χ0n) is 8.85. The van der Waals surface area contributed by atoms with Crippen LogP contribution >= 0.6 is 23.7 Å². The third kappa shape index (κ3) is 1.95. The first-order valence-corrected chi connectivity index (χ1v) is 6.05. The van der Waals surface area contributed by atoms with E-state index in [1.807, 2.05) is 0 Å². The van der Waals surface area contributed by atoms with Crippen molar-refractivity contribution in [3.8, 4) is 0 Å². The maximum Gasteiger partial charge on any atom is 0.181 e. The van der Waals surface area contributed by atoms with Crippen molar-refractivity contribution in [2.75, 3.05) is 23.7 Å². The largest absolute Gasteiger partial charge is 0.375 e. The molecule has 3 nitrogen and oxygen atoms in total. The molecule has 2 N–H and O–H groups in total. The van der Waals surface area contributed by atoms with Crippen molar-refractivity contribution < 1.29 is 0 Å². The summed E-state index contributed by atoms with van der Waals surface area (Å²) in [6, 6.07) is 6.41. The first-order chi connectivity index (χ1) is 7.33. The summed E-state index contributed by atoms with van der Waals surface area (Å²) in [6.07, 6.45) is 2.62. The van der Waals surface area contributed by atoms with Gasteiger partial charge in [-0.2, -0.15) is 0 Å². The van der Waals surface area contributed by atoms with Gasteiger partial charge < -0.3 is 10.6 Å². The van der Waals surface area contributed by atoms with Crippen molar-refractivity contribution in [2.24, 2.45) is 0 Å². The van der Waals surface area contributed by atoms with E-state index >= 15 is 0 Å². The predicted octanol–water partition coefficient (Wildman–Crippen LogP) is 2.90. The van der Waals surface area contributed by atoms with Crippen LogP contribution in [0.3, 0.4) is 0 Å². The Morgan fingerprint density at radius 1 is 1.25 bits per heavy atom. The fourth-order valence-electron chi connectivity index (χ4n) is 2.10. The molecule has 2 aromatic rings. The van der Waals surface area contributed by atoms with Crippen LogP contribution in [0, 0.1) is 0 Å². The van der Waals surface area contributed by atoms with Crippen LogP contribution in [0.15, 0.2) is 18.2 Å². The van der Waals surface area contributed by atoms with Gasteiger partial charge in [0.2, 0.25) is 0 Å². The Hall–Kier alpha value is -1.000. The third-order valence-corrected chi connectivity index (χ3v) is 3.71. The van der Waals surface area contributed by atoms with Gasteiger partial charge in [-0.3, -0.25) is 0 Å². The lowest BCUT2D eigenvalue weighted by Gasteiger charge is -2.16. The standard InChI is InChI=1S/C11H13N3S.ClH/c12-11-13-9-4-3-8(7-10(9)15-11)14-5-1-2-6-14;/h3-4,7H,1-2,5-6H2,(H2,12,13);1H. The Bertz CT molecular complexity index is 491. The average molecular weight is 256 g/mol. The second-order valence-corrected chi connectivity index (χ2v) is 4.96. The minimum Gasteiger partial charge on any atom is -0.375 e. The number of hydrogen-bond acceptors (Lipinski definition) is 4. The molecule has 0 aliphatic carbocycles. The molecule has 5 heteroatoms. The van der Waals surface area contributed by atoms with Gasteiger partial charge in [0.05, 0.1) is 10.2 Å². The van der Waals surface area contributed by atoms with E-state index in [9.17, 15) is 0 Å². The highest BCUT2D eigenvalue weighted by molar-refractivity contribution is 7.22. The van der Waals surface area contributed by atoms with Gasteiger partial charge in [0.1, 0.15) is 0 Å². The first-order valence-electron chi connectivity index (χ1n) is 5.24. The van der Waals surface area contributed by atoms with Gasteiger partial charge in [0, 0.05) is 18.8 Å². The molecule has 16 heavy (non-hydrogen) atoms. The predicted molar refractivity (Wildman–Crippen MR) is 72.7 cm³/mol. The maximum atomic E-state index is 5.69. The van der Waals surface area contributed by atoms with Gasteiger partial charge in [-0.05, 0) is 31.0 Å². The number of nitrogens with zero attached hydrogens (tertiary/aromatic N) is 2. The van der Waals surface area contributed by atoms with E-state index in [2.05, 4.69) is 28.1 Å². The normalized spacial score (nSPS) is 15.4. The van der Waals surface area contributed by atoms with Crippen molar-refractivity contribution in [2.45, 2.75) is 12.8 Å². The van der Waals surface area contributed by atoms with Gasteiger partial charge in [-0.15, -0.1) is 12.4 Å². The number of thiazole rings is 1. The molecule has 3 rings (SSSR count). The summed E-state index contributed by atoms with van der Waals surface area (Å²) < 4.78 is 1.19. The topological polar surface area (TPSA) is 42.1 Å². The fourth-order valence-corrected chi connectivity index (χ4v) is 2.87. The Morgan fingerprint density at radius 2 is 2.00 bits per heavy atom. The van der Waals surface area contributed by atoms with Crippen LogP contribution in [0.5, 0.6) is 0 Å². The van der Waals surface area contributed by atoms with E-state index in [1.165, 1.54) is 36.3 Å². The third-order valence-electron chi connectivity index (χ3n) is 2.86. The van der Waals surface area contributed by atoms with Gasteiger partial charge in [0.25, 0.3) is 0 Å². The van der Waals surface area contributed by atoms with Crippen molar-refractivity contribution >= 4 is 44.8 Å². The van der Waals surface area contributed by atoms with Crippen LogP contribution in [-0.2, 0) is 0 Å². The minimum absolute atomic E-state index is 0. The average Bonchev–Trinajstić information content (AvgIpc) is 2.82. The zero-order chi connectivity index (χ0) is 10.3. The SMILES string of the molecule is Cl.Nc1nc2ccc(N3CCCC3)cc2s1. The lowest BCUT2D eigenvalue weighted by atomic mass is 10.3. The molecule has 0 unspecified atom stereocenters. The fraction of sp³-hybridized carbons (Fsp3) is 0.364. The van der Waals surface area contributed by atoms with E-state index in [-0.39, 0.29) is 12.4 Å². The Kier molecular flexibility index (Phi) is 3.21. The van der Waals surface area contributed by atoms with Crippen molar-refractivity contribution in [1.82, 2.24) is 4.98 Å². The van der Waals surface area contributed by atoms with E-state index < -0.39 is 0 Å². The number of rotatable bonds is 1. The lowest BCUT2D eigenvalue weighted by Crippen LogP contribution is -2.17. The number of benzene rings is 1. The summed E-state index contributed by atoms with van der Waals surface area (Å²) in [4.78, 5) is 6.68. The molecule has 0 radical (unpaired) electrons. The highest BCUT2D eigenvalue weighted by Crippen LogP contribution is 2.29. The molecule has 1 aliphatic heterocycles. The van der Waals surface area contributed by atoms with Gasteiger partial charge >= 0.3 is 0 Å². The number of anilines is 2. The molecule has 1 saturated heterocycles. The summed E-state index contributed by atoms with van der Waals surface area (Å²) in [6.45, 7) is 2.36. The summed E-state index contributed by atoms with van der Waals surface area (Å²) >= 11 is 1.57. The van der Waals surface area contributed by atoms with Crippen LogP contribution in [-0.4, -0.2) is 18.1 Å². The number of aromatic nitrogens is 1. The molecule has 0 bridgehead atoms. The maximum absolute atomic E-state index is 5.69.